The van der Waals surface area contributed by atoms with E-state index in [-0.39, 0.29) is 11.3 Å². The van der Waals surface area contributed by atoms with Crippen LogP contribution < -0.4 is 4.74 Å². The van der Waals surface area contributed by atoms with Gasteiger partial charge in [-0.2, -0.15) is 0 Å². The SMILES string of the molecule is COCCOCCCOc1ccc(F)cc1C(C)=O. The number of carbonyl (C=O) groups excluding carboxylic acids is 1. The summed E-state index contributed by atoms with van der Waals surface area (Å²) in [6, 6.07) is 3.93. The largest absolute Gasteiger partial charge is 0.493 e. The van der Waals surface area contributed by atoms with Gasteiger partial charge in [0.05, 0.1) is 25.4 Å². The summed E-state index contributed by atoms with van der Waals surface area (Å²) in [6.07, 6.45) is 0.693. The van der Waals surface area contributed by atoms with Crippen molar-refractivity contribution in [2.24, 2.45) is 0 Å². The molecule has 0 heterocycles. The average molecular weight is 270 g/mol. The van der Waals surface area contributed by atoms with E-state index in [1.54, 1.807) is 7.11 Å². The Hall–Kier alpha value is -1.46. The molecule has 0 bridgehead atoms. The van der Waals surface area contributed by atoms with Gasteiger partial charge in [-0.1, -0.05) is 0 Å². The summed E-state index contributed by atoms with van der Waals surface area (Å²) in [5.41, 5.74) is 0.264. The van der Waals surface area contributed by atoms with Crippen LogP contribution in [0.2, 0.25) is 0 Å². The summed E-state index contributed by atoms with van der Waals surface area (Å²) in [4.78, 5) is 11.3. The van der Waals surface area contributed by atoms with Crippen molar-refractivity contribution in [2.45, 2.75) is 13.3 Å². The van der Waals surface area contributed by atoms with Gasteiger partial charge in [-0.15, -0.1) is 0 Å². The molecule has 0 spiro atoms. The molecule has 0 radical (unpaired) electrons. The number of Topliss-reactive ketones (excluding diaryl/α,β-unsaturated/α-hetero) is 1. The van der Waals surface area contributed by atoms with Gasteiger partial charge in [-0.3, -0.25) is 4.79 Å². The second kappa shape index (κ2) is 8.61. The first kappa shape index (κ1) is 15.6. The Morgan fingerprint density at radius 1 is 1.21 bits per heavy atom. The molecule has 0 N–H and O–H groups in total. The van der Waals surface area contributed by atoms with Crippen molar-refractivity contribution in [3.8, 4) is 5.75 Å². The van der Waals surface area contributed by atoms with Crippen LogP contribution in [-0.2, 0) is 9.47 Å². The minimum Gasteiger partial charge on any atom is -0.493 e. The second-order valence-corrected chi connectivity index (χ2v) is 4.00. The molecule has 0 unspecified atom stereocenters. The van der Waals surface area contributed by atoms with Gasteiger partial charge < -0.3 is 14.2 Å². The molecule has 5 heteroatoms. The van der Waals surface area contributed by atoms with E-state index in [0.717, 1.165) is 0 Å². The minimum absolute atomic E-state index is 0.217. The van der Waals surface area contributed by atoms with E-state index in [1.807, 2.05) is 0 Å². The summed E-state index contributed by atoms with van der Waals surface area (Å²) >= 11 is 0. The normalized spacial score (nSPS) is 10.5. The van der Waals surface area contributed by atoms with E-state index in [2.05, 4.69) is 0 Å². The number of ether oxygens (including phenoxy) is 3. The molecule has 0 saturated heterocycles. The highest BCUT2D eigenvalue weighted by Crippen LogP contribution is 2.20. The van der Waals surface area contributed by atoms with Crippen molar-refractivity contribution < 1.29 is 23.4 Å². The highest BCUT2D eigenvalue weighted by atomic mass is 19.1. The lowest BCUT2D eigenvalue weighted by atomic mass is 10.1. The maximum absolute atomic E-state index is 13.0. The fourth-order valence-corrected chi connectivity index (χ4v) is 1.49. The van der Waals surface area contributed by atoms with E-state index < -0.39 is 5.82 Å². The number of halogens is 1. The van der Waals surface area contributed by atoms with Crippen LogP contribution in [-0.4, -0.2) is 39.3 Å². The molecular formula is C14H19FO4. The first-order valence-corrected chi connectivity index (χ1v) is 6.15. The number of methoxy groups -OCH3 is 1. The van der Waals surface area contributed by atoms with Crippen molar-refractivity contribution >= 4 is 5.78 Å². The molecule has 4 nitrogen and oxygen atoms in total. The van der Waals surface area contributed by atoms with Crippen LogP contribution in [0.4, 0.5) is 4.39 Å². The molecule has 1 rings (SSSR count). The molecule has 0 atom stereocenters. The lowest BCUT2D eigenvalue weighted by molar-refractivity contribution is 0.0643. The lowest BCUT2D eigenvalue weighted by Gasteiger charge is -2.10. The zero-order valence-electron chi connectivity index (χ0n) is 11.3. The van der Waals surface area contributed by atoms with Gasteiger partial charge in [-0.25, -0.2) is 4.39 Å². The number of carbonyl (C=O) groups is 1. The summed E-state index contributed by atoms with van der Waals surface area (Å²) < 4.78 is 28.6. The van der Waals surface area contributed by atoms with Crippen molar-refractivity contribution in [1.29, 1.82) is 0 Å². The van der Waals surface area contributed by atoms with Crippen LogP contribution in [0.3, 0.4) is 0 Å². The second-order valence-electron chi connectivity index (χ2n) is 4.00. The Balaban J connectivity index is 2.35. The number of hydrogen-bond acceptors (Lipinski definition) is 4. The van der Waals surface area contributed by atoms with E-state index in [1.165, 1.54) is 25.1 Å². The van der Waals surface area contributed by atoms with E-state index >= 15 is 0 Å². The average Bonchev–Trinajstić information content (AvgIpc) is 2.39. The zero-order chi connectivity index (χ0) is 14.1. The summed E-state index contributed by atoms with van der Waals surface area (Å²) in [7, 11) is 1.62. The van der Waals surface area contributed by atoms with Gasteiger partial charge in [0.2, 0.25) is 0 Å². The number of ketones is 1. The molecule has 0 amide bonds. The standard InChI is InChI=1S/C14H19FO4/c1-11(16)13-10-12(15)4-5-14(13)19-7-3-6-18-9-8-17-2/h4-5,10H,3,6-9H2,1-2H3. The van der Waals surface area contributed by atoms with E-state index in [9.17, 15) is 9.18 Å². The van der Waals surface area contributed by atoms with Crippen LogP contribution in [0.15, 0.2) is 18.2 Å². The van der Waals surface area contributed by atoms with Crippen LogP contribution in [0, 0.1) is 5.82 Å². The predicted octanol–water partition coefficient (Wildman–Crippen LogP) is 2.46. The summed E-state index contributed by atoms with van der Waals surface area (Å²) in [5.74, 6) is -0.253. The van der Waals surface area contributed by atoms with Gasteiger partial charge in [0, 0.05) is 20.1 Å². The van der Waals surface area contributed by atoms with Gasteiger partial charge >= 0.3 is 0 Å². The van der Waals surface area contributed by atoms with Crippen molar-refractivity contribution in [3.63, 3.8) is 0 Å². The van der Waals surface area contributed by atoms with Crippen LogP contribution >= 0.6 is 0 Å². The lowest BCUT2D eigenvalue weighted by Crippen LogP contribution is -2.08. The Kier molecular flexibility index (Phi) is 7.07. The van der Waals surface area contributed by atoms with E-state index in [0.29, 0.717) is 38.6 Å². The molecular weight excluding hydrogens is 251 g/mol. The third-order valence-electron chi connectivity index (χ3n) is 2.44. The van der Waals surface area contributed by atoms with Crippen molar-refractivity contribution in [1.82, 2.24) is 0 Å². The summed E-state index contributed by atoms with van der Waals surface area (Å²) in [5, 5.41) is 0. The third kappa shape index (κ3) is 5.81. The summed E-state index contributed by atoms with van der Waals surface area (Å²) in [6.45, 7) is 3.47. The van der Waals surface area contributed by atoms with E-state index in [4.69, 9.17) is 14.2 Å². The molecule has 106 valence electrons. The Bertz CT molecular complexity index is 406. The maximum atomic E-state index is 13.0. The Morgan fingerprint density at radius 2 is 2.00 bits per heavy atom. The first-order valence-electron chi connectivity index (χ1n) is 6.15. The van der Waals surface area contributed by atoms with Crippen LogP contribution in [0.1, 0.15) is 23.7 Å². The van der Waals surface area contributed by atoms with Gasteiger partial charge in [-0.05, 0) is 25.1 Å². The third-order valence-corrected chi connectivity index (χ3v) is 2.44. The van der Waals surface area contributed by atoms with Gasteiger partial charge in [0.15, 0.2) is 5.78 Å². The molecule has 1 aromatic rings. The molecule has 19 heavy (non-hydrogen) atoms. The Labute approximate surface area is 112 Å². The Morgan fingerprint density at radius 3 is 2.68 bits per heavy atom. The minimum atomic E-state index is -0.444. The van der Waals surface area contributed by atoms with Gasteiger partial charge in [0.1, 0.15) is 11.6 Å². The molecule has 0 saturated carbocycles. The first-order chi connectivity index (χ1) is 9.15. The number of hydrogen-bond donors (Lipinski definition) is 0. The highest BCUT2D eigenvalue weighted by Gasteiger charge is 2.09. The predicted molar refractivity (Wildman–Crippen MR) is 69.2 cm³/mol. The molecule has 0 aliphatic rings. The highest BCUT2D eigenvalue weighted by molar-refractivity contribution is 5.96. The molecule has 0 aliphatic carbocycles. The van der Waals surface area contributed by atoms with Crippen LogP contribution in [0.5, 0.6) is 5.75 Å². The topological polar surface area (TPSA) is 44.8 Å². The van der Waals surface area contributed by atoms with Crippen molar-refractivity contribution in [3.05, 3.63) is 29.6 Å². The maximum Gasteiger partial charge on any atom is 0.163 e. The van der Waals surface area contributed by atoms with Crippen LogP contribution in [0.25, 0.3) is 0 Å². The van der Waals surface area contributed by atoms with Gasteiger partial charge in [0.25, 0.3) is 0 Å². The quantitative estimate of drug-likeness (QED) is 0.511. The molecule has 0 aliphatic heterocycles. The smallest absolute Gasteiger partial charge is 0.163 e. The monoisotopic (exact) mass is 270 g/mol. The number of rotatable bonds is 9. The van der Waals surface area contributed by atoms with Crippen molar-refractivity contribution in [2.75, 3.05) is 33.5 Å². The fourth-order valence-electron chi connectivity index (χ4n) is 1.49. The fraction of sp³-hybridized carbons (Fsp3) is 0.500. The number of benzene rings is 1. The molecule has 1 aromatic carbocycles. The zero-order valence-corrected chi connectivity index (χ0v) is 11.3. The molecule has 0 aromatic heterocycles. The molecule has 0 fully saturated rings.